The Balaban J connectivity index is 2.17. The molecule has 0 fully saturated rings. The summed E-state index contributed by atoms with van der Waals surface area (Å²) in [6.07, 6.45) is 0. The number of hydrogen-bond donors (Lipinski definition) is 2. The zero-order valence-electron chi connectivity index (χ0n) is 15.5. The first kappa shape index (κ1) is 20.1. The third kappa shape index (κ3) is 6.22. The number of aliphatic carboxylic acids is 1. The van der Waals surface area contributed by atoms with Crippen LogP contribution in [-0.4, -0.2) is 37.3 Å². The van der Waals surface area contributed by atoms with E-state index in [1.165, 1.54) is 0 Å². The van der Waals surface area contributed by atoms with Crippen molar-refractivity contribution < 1.29 is 28.9 Å². The van der Waals surface area contributed by atoms with Crippen LogP contribution in [0.5, 0.6) is 17.2 Å². The van der Waals surface area contributed by atoms with E-state index in [9.17, 15) is 9.59 Å². The maximum absolute atomic E-state index is 12.7. The standard InChI is InChI=1S/C20H23NO6/c1-13(2)11-27-18-10-15(25-3)7-8-17(18)20(24)21-14-5-4-6-16(9-14)26-12-19(22)23/h4-10,13H,11-12H2,1-3H3,(H,21,24)(H,22,23). The molecule has 0 aliphatic heterocycles. The van der Waals surface area contributed by atoms with Crippen LogP contribution in [0.15, 0.2) is 42.5 Å². The summed E-state index contributed by atoms with van der Waals surface area (Å²) in [6, 6.07) is 11.5. The Morgan fingerprint density at radius 1 is 1.07 bits per heavy atom. The van der Waals surface area contributed by atoms with Gasteiger partial charge in [-0.2, -0.15) is 0 Å². The third-order valence-corrected chi connectivity index (χ3v) is 3.46. The van der Waals surface area contributed by atoms with E-state index in [0.29, 0.717) is 41.0 Å². The number of anilines is 1. The highest BCUT2D eigenvalue weighted by molar-refractivity contribution is 6.06. The lowest BCUT2D eigenvalue weighted by Gasteiger charge is -2.15. The molecule has 0 unspecified atom stereocenters. The molecule has 0 aromatic heterocycles. The Hall–Kier alpha value is -3.22. The molecule has 1 amide bonds. The lowest BCUT2D eigenvalue weighted by atomic mass is 10.1. The van der Waals surface area contributed by atoms with E-state index in [4.69, 9.17) is 19.3 Å². The van der Waals surface area contributed by atoms with Gasteiger partial charge in [0.15, 0.2) is 6.61 Å². The summed E-state index contributed by atoms with van der Waals surface area (Å²) in [5.41, 5.74) is 0.849. The Kier molecular flexibility index (Phi) is 7.05. The van der Waals surface area contributed by atoms with Crippen molar-refractivity contribution in [3.05, 3.63) is 48.0 Å². The van der Waals surface area contributed by atoms with E-state index in [1.54, 1.807) is 49.6 Å². The number of carbonyl (C=O) groups is 2. The predicted octanol–water partition coefficient (Wildman–Crippen LogP) is 3.45. The molecule has 0 bridgehead atoms. The molecule has 144 valence electrons. The second kappa shape index (κ2) is 9.47. The van der Waals surface area contributed by atoms with Crippen LogP contribution < -0.4 is 19.5 Å². The molecule has 0 aliphatic carbocycles. The molecule has 0 aliphatic rings. The van der Waals surface area contributed by atoms with Gasteiger partial charge in [-0.1, -0.05) is 19.9 Å². The molecule has 2 aromatic rings. The van der Waals surface area contributed by atoms with Gasteiger partial charge in [0.25, 0.3) is 5.91 Å². The number of methoxy groups -OCH3 is 1. The van der Waals surface area contributed by atoms with Crippen molar-refractivity contribution in [2.45, 2.75) is 13.8 Å². The van der Waals surface area contributed by atoms with Crippen LogP contribution in [0.4, 0.5) is 5.69 Å². The maximum Gasteiger partial charge on any atom is 0.341 e. The molecule has 0 spiro atoms. The number of carbonyl (C=O) groups excluding carboxylic acids is 1. The van der Waals surface area contributed by atoms with Gasteiger partial charge < -0.3 is 24.6 Å². The van der Waals surface area contributed by atoms with Crippen LogP contribution >= 0.6 is 0 Å². The minimum Gasteiger partial charge on any atom is -0.497 e. The van der Waals surface area contributed by atoms with Crippen LogP contribution in [0.1, 0.15) is 24.2 Å². The van der Waals surface area contributed by atoms with Crippen LogP contribution in [0.3, 0.4) is 0 Å². The topological polar surface area (TPSA) is 94.1 Å². The average Bonchev–Trinajstić information content (AvgIpc) is 2.64. The van der Waals surface area contributed by atoms with Gasteiger partial charge in [-0.05, 0) is 30.2 Å². The van der Waals surface area contributed by atoms with Crippen molar-refractivity contribution in [2.75, 3.05) is 25.6 Å². The smallest absolute Gasteiger partial charge is 0.341 e. The molecule has 7 heteroatoms. The number of benzene rings is 2. The number of ether oxygens (including phenoxy) is 3. The minimum absolute atomic E-state index is 0.301. The highest BCUT2D eigenvalue weighted by Crippen LogP contribution is 2.27. The third-order valence-electron chi connectivity index (χ3n) is 3.46. The number of carboxylic acid groups (broad SMARTS) is 1. The molecule has 0 atom stereocenters. The molecular formula is C20H23NO6. The highest BCUT2D eigenvalue weighted by atomic mass is 16.5. The highest BCUT2D eigenvalue weighted by Gasteiger charge is 2.15. The monoisotopic (exact) mass is 373 g/mol. The van der Waals surface area contributed by atoms with Crippen molar-refractivity contribution >= 4 is 17.6 Å². The molecule has 2 N–H and O–H groups in total. The van der Waals surface area contributed by atoms with Gasteiger partial charge in [0, 0.05) is 17.8 Å². The number of carboxylic acids is 1. The van der Waals surface area contributed by atoms with Crippen LogP contribution in [0.2, 0.25) is 0 Å². The van der Waals surface area contributed by atoms with Crippen molar-refractivity contribution in [3.63, 3.8) is 0 Å². The fourth-order valence-electron chi connectivity index (χ4n) is 2.20. The molecule has 0 radical (unpaired) electrons. The largest absolute Gasteiger partial charge is 0.497 e. The van der Waals surface area contributed by atoms with Crippen molar-refractivity contribution in [1.29, 1.82) is 0 Å². The quantitative estimate of drug-likeness (QED) is 0.699. The molecule has 0 saturated carbocycles. The number of amides is 1. The first-order valence-corrected chi connectivity index (χ1v) is 8.46. The molecule has 2 aromatic carbocycles. The summed E-state index contributed by atoms with van der Waals surface area (Å²) in [5, 5.41) is 11.4. The zero-order valence-corrected chi connectivity index (χ0v) is 15.5. The normalized spacial score (nSPS) is 10.4. The summed E-state index contributed by atoms with van der Waals surface area (Å²) >= 11 is 0. The van der Waals surface area contributed by atoms with E-state index in [1.807, 2.05) is 13.8 Å². The summed E-state index contributed by atoms with van der Waals surface area (Å²) < 4.78 is 16.1. The lowest BCUT2D eigenvalue weighted by molar-refractivity contribution is -0.139. The van der Waals surface area contributed by atoms with E-state index < -0.39 is 12.6 Å². The zero-order chi connectivity index (χ0) is 19.8. The fraction of sp³-hybridized carbons (Fsp3) is 0.300. The van der Waals surface area contributed by atoms with Crippen molar-refractivity contribution in [1.82, 2.24) is 0 Å². The average molecular weight is 373 g/mol. The first-order chi connectivity index (χ1) is 12.9. The maximum atomic E-state index is 12.7. The molecule has 2 rings (SSSR count). The van der Waals surface area contributed by atoms with Gasteiger partial charge in [-0.25, -0.2) is 4.79 Å². The summed E-state index contributed by atoms with van der Waals surface area (Å²) in [4.78, 5) is 23.3. The second-order valence-corrected chi connectivity index (χ2v) is 6.23. The summed E-state index contributed by atoms with van der Waals surface area (Å²) in [5.74, 6) is 0.242. The molecule has 0 heterocycles. The first-order valence-electron chi connectivity index (χ1n) is 8.46. The Bertz CT molecular complexity index is 803. The van der Waals surface area contributed by atoms with E-state index in [-0.39, 0.29) is 5.91 Å². The van der Waals surface area contributed by atoms with Crippen molar-refractivity contribution in [3.8, 4) is 17.2 Å². The van der Waals surface area contributed by atoms with Gasteiger partial charge in [-0.3, -0.25) is 4.79 Å². The van der Waals surface area contributed by atoms with E-state index in [2.05, 4.69) is 5.32 Å². The van der Waals surface area contributed by atoms with Gasteiger partial charge in [0.1, 0.15) is 17.2 Å². The van der Waals surface area contributed by atoms with E-state index in [0.717, 1.165) is 0 Å². The molecule has 7 nitrogen and oxygen atoms in total. The summed E-state index contributed by atoms with van der Waals surface area (Å²) in [7, 11) is 1.55. The molecule has 0 saturated heterocycles. The minimum atomic E-state index is -1.07. The van der Waals surface area contributed by atoms with E-state index >= 15 is 0 Å². The van der Waals surface area contributed by atoms with Crippen molar-refractivity contribution in [2.24, 2.45) is 5.92 Å². The number of nitrogens with one attached hydrogen (secondary N) is 1. The fourth-order valence-corrected chi connectivity index (χ4v) is 2.20. The molecular weight excluding hydrogens is 350 g/mol. The Morgan fingerprint density at radius 3 is 2.52 bits per heavy atom. The van der Waals surface area contributed by atoms with Gasteiger partial charge in [0.05, 0.1) is 19.3 Å². The van der Waals surface area contributed by atoms with Gasteiger partial charge >= 0.3 is 5.97 Å². The Morgan fingerprint density at radius 2 is 1.85 bits per heavy atom. The molecule has 27 heavy (non-hydrogen) atoms. The van der Waals surface area contributed by atoms with Gasteiger partial charge in [-0.15, -0.1) is 0 Å². The summed E-state index contributed by atoms with van der Waals surface area (Å²) in [6.45, 7) is 4.04. The predicted molar refractivity (Wildman–Crippen MR) is 101 cm³/mol. The SMILES string of the molecule is COc1ccc(C(=O)Nc2cccc(OCC(=O)O)c2)c(OCC(C)C)c1. The van der Waals surface area contributed by atoms with Crippen LogP contribution in [0, 0.1) is 5.92 Å². The number of rotatable bonds is 9. The lowest BCUT2D eigenvalue weighted by Crippen LogP contribution is -2.15. The van der Waals surface area contributed by atoms with Crippen LogP contribution in [-0.2, 0) is 4.79 Å². The second-order valence-electron chi connectivity index (χ2n) is 6.23. The Labute approximate surface area is 157 Å². The van der Waals surface area contributed by atoms with Crippen LogP contribution in [0.25, 0.3) is 0 Å². The van der Waals surface area contributed by atoms with Gasteiger partial charge in [0.2, 0.25) is 0 Å². The number of hydrogen-bond acceptors (Lipinski definition) is 5.